The van der Waals surface area contributed by atoms with Crippen LogP contribution in [0.15, 0.2) is 0 Å². The van der Waals surface area contributed by atoms with Crippen LogP contribution >= 0.6 is 11.8 Å². The highest BCUT2D eigenvalue weighted by atomic mass is 32.2. The van der Waals surface area contributed by atoms with E-state index in [0.717, 1.165) is 38.4 Å². The molecule has 1 rings (SSSR count). The minimum Gasteiger partial charge on any atom is -0.304 e. The molecule has 1 saturated heterocycles. The predicted octanol–water partition coefficient (Wildman–Crippen LogP) is 0.408. The van der Waals surface area contributed by atoms with Gasteiger partial charge in [0.2, 0.25) is 5.91 Å². The Morgan fingerprint density at radius 3 is 2.60 bits per heavy atom. The van der Waals surface area contributed by atoms with Crippen LogP contribution in [0, 0.1) is 0 Å². The maximum absolute atomic E-state index is 11.5. The van der Waals surface area contributed by atoms with Crippen molar-refractivity contribution in [3.63, 3.8) is 0 Å². The first-order valence-electron chi connectivity index (χ1n) is 5.44. The van der Waals surface area contributed by atoms with Gasteiger partial charge >= 0.3 is 0 Å². The molecule has 1 N–H and O–H groups in total. The number of hydrazine groups is 1. The molecule has 1 amide bonds. The van der Waals surface area contributed by atoms with Gasteiger partial charge in [0.1, 0.15) is 0 Å². The summed E-state index contributed by atoms with van der Waals surface area (Å²) in [5.74, 6) is 1.23. The number of rotatable bonds is 5. The number of carbonyl (C=O) groups excluding carboxylic acids is 1. The summed E-state index contributed by atoms with van der Waals surface area (Å²) in [6.07, 6.45) is 3.69. The van der Waals surface area contributed by atoms with Crippen LogP contribution in [0.4, 0.5) is 0 Å². The lowest BCUT2D eigenvalue weighted by molar-refractivity contribution is -0.126. The van der Waals surface area contributed by atoms with E-state index in [1.165, 1.54) is 0 Å². The molecule has 4 nitrogen and oxygen atoms in total. The third kappa shape index (κ3) is 5.39. The Bertz CT molecular complexity index is 193. The van der Waals surface area contributed by atoms with E-state index in [4.69, 9.17) is 0 Å². The Hall–Kier alpha value is -0.260. The number of hydrogen-bond acceptors (Lipinski definition) is 4. The summed E-state index contributed by atoms with van der Waals surface area (Å²) in [6, 6.07) is 0. The highest BCUT2D eigenvalue weighted by Crippen LogP contribution is 2.00. The van der Waals surface area contributed by atoms with E-state index in [-0.39, 0.29) is 5.91 Å². The molecule has 88 valence electrons. The van der Waals surface area contributed by atoms with Crippen molar-refractivity contribution in [3.8, 4) is 0 Å². The molecular weight excluding hydrogens is 210 g/mol. The minimum atomic E-state index is 0.161. The zero-order valence-corrected chi connectivity index (χ0v) is 10.5. The predicted molar refractivity (Wildman–Crippen MR) is 64.8 cm³/mol. The fraction of sp³-hybridized carbons (Fsp3) is 0.900. The van der Waals surface area contributed by atoms with Gasteiger partial charge in [0, 0.05) is 32.6 Å². The zero-order valence-electron chi connectivity index (χ0n) is 9.66. The van der Waals surface area contributed by atoms with Gasteiger partial charge in [-0.25, -0.2) is 5.01 Å². The number of nitrogens with zero attached hydrogens (tertiary/aromatic N) is 2. The van der Waals surface area contributed by atoms with Gasteiger partial charge in [0.05, 0.1) is 0 Å². The van der Waals surface area contributed by atoms with Crippen molar-refractivity contribution in [3.05, 3.63) is 0 Å². The van der Waals surface area contributed by atoms with E-state index in [1.54, 1.807) is 11.8 Å². The molecule has 0 atom stereocenters. The van der Waals surface area contributed by atoms with Gasteiger partial charge in [-0.3, -0.25) is 10.2 Å². The molecular formula is C10H21N3OS. The van der Waals surface area contributed by atoms with Gasteiger partial charge < -0.3 is 4.90 Å². The molecule has 15 heavy (non-hydrogen) atoms. The summed E-state index contributed by atoms with van der Waals surface area (Å²) in [6.45, 7) is 3.94. The fourth-order valence-electron chi connectivity index (χ4n) is 1.53. The van der Waals surface area contributed by atoms with Crippen LogP contribution < -0.4 is 5.43 Å². The number of thioether (sulfide) groups is 1. The van der Waals surface area contributed by atoms with E-state index in [9.17, 15) is 4.79 Å². The third-order valence-corrected chi connectivity index (χ3v) is 3.24. The van der Waals surface area contributed by atoms with Crippen LogP contribution in [0.1, 0.15) is 12.8 Å². The summed E-state index contributed by atoms with van der Waals surface area (Å²) in [5.41, 5.74) is 2.96. The van der Waals surface area contributed by atoms with Crippen molar-refractivity contribution in [2.24, 2.45) is 0 Å². The molecule has 5 heteroatoms. The molecule has 0 unspecified atom stereocenters. The molecule has 1 fully saturated rings. The molecule has 0 radical (unpaired) electrons. The smallest absolute Gasteiger partial charge is 0.234 e. The van der Waals surface area contributed by atoms with Crippen molar-refractivity contribution in [2.45, 2.75) is 12.8 Å². The number of hydrogen-bond donors (Lipinski definition) is 1. The number of piperazine rings is 1. The summed E-state index contributed by atoms with van der Waals surface area (Å²) in [4.78, 5) is 13.8. The second-order valence-electron chi connectivity index (χ2n) is 3.92. The normalized spacial score (nSPS) is 19.1. The number of amides is 1. The van der Waals surface area contributed by atoms with Gasteiger partial charge in [-0.05, 0) is 25.5 Å². The first kappa shape index (κ1) is 12.8. The Balaban J connectivity index is 2.09. The molecule has 0 aromatic carbocycles. The standard InChI is InChI=1S/C10H21N3OS/c1-12-5-7-13(8-6-12)11-10(14)4-3-9-15-2/h3-9H2,1-2H3,(H,11,14). The van der Waals surface area contributed by atoms with E-state index in [2.05, 4.69) is 23.6 Å². The minimum absolute atomic E-state index is 0.161. The average Bonchev–Trinajstić information content (AvgIpc) is 2.22. The van der Waals surface area contributed by atoms with Gasteiger partial charge in [0.15, 0.2) is 0 Å². The van der Waals surface area contributed by atoms with E-state index in [1.807, 2.05) is 5.01 Å². The number of likely N-dealkylation sites (N-methyl/N-ethyl adjacent to an activating group) is 1. The van der Waals surface area contributed by atoms with Gasteiger partial charge in [-0.1, -0.05) is 0 Å². The molecule has 1 aliphatic rings. The summed E-state index contributed by atoms with van der Waals surface area (Å²) < 4.78 is 0. The fourth-order valence-corrected chi connectivity index (χ4v) is 1.96. The first-order valence-corrected chi connectivity index (χ1v) is 6.83. The largest absolute Gasteiger partial charge is 0.304 e. The van der Waals surface area contributed by atoms with E-state index < -0.39 is 0 Å². The van der Waals surface area contributed by atoms with Crippen molar-refractivity contribution in [1.82, 2.24) is 15.3 Å². The lowest BCUT2D eigenvalue weighted by Crippen LogP contribution is -2.52. The number of nitrogens with one attached hydrogen (secondary N) is 1. The average molecular weight is 231 g/mol. The van der Waals surface area contributed by atoms with Crippen LogP contribution in [0.25, 0.3) is 0 Å². The molecule has 1 heterocycles. The molecule has 0 aromatic rings. The number of carbonyl (C=O) groups is 1. The van der Waals surface area contributed by atoms with Gasteiger partial charge in [-0.15, -0.1) is 0 Å². The first-order chi connectivity index (χ1) is 7.22. The maximum Gasteiger partial charge on any atom is 0.234 e. The second kappa shape index (κ2) is 7.09. The molecule has 0 aliphatic carbocycles. The van der Waals surface area contributed by atoms with Gasteiger partial charge in [0.25, 0.3) is 0 Å². The Morgan fingerprint density at radius 2 is 2.00 bits per heavy atom. The zero-order chi connectivity index (χ0) is 11.1. The molecule has 0 saturated carbocycles. The lowest BCUT2D eigenvalue weighted by atomic mass is 10.3. The lowest BCUT2D eigenvalue weighted by Gasteiger charge is -2.32. The van der Waals surface area contributed by atoms with Crippen molar-refractivity contribution in [2.75, 3.05) is 45.2 Å². The highest BCUT2D eigenvalue weighted by molar-refractivity contribution is 7.98. The maximum atomic E-state index is 11.5. The molecule has 0 spiro atoms. The monoisotopic (exact) mass is 231 g/mol. The van der Waals surface area contributed by atoms with Crippen molar-refractivity contribution >= 4 is 17.7 Å². The van der Waals surface area contributed by atoms with Crippen LogP contribution in [-0.2, 0) is 4.79 Å². The Kier molecular flexibility index (Phi) is 6.05. The molecule has 0 aromatic heterocycles. The van der Waals surface area contributed by atoms with Crippen molar-refractivity contribution < 1.29 is 4.79 Å². The van der Waals surface area contributed by atoms with Crippen LogP contribution in [0.2, 0.25) is 0 Å². The molecule has 0 bridgehead atoms. The van der Waals surface area contributed by atoms with Gasteiger partial charge in [-0.2, -0.15) is 11.8 Å². The van der Waals surface area contributed by atoms with Crippen LogP contribution in [0.3, 0.4) is 0 Å². The summed E-state index contributed by atoms with van der Waals surface area (Å²) in [5, 5.41) is 2.03. The Morgan fingerprint density at radius 1 is 1.33 bits per heavy atom. The topological polar surface area (TPSA) is 35.6 Å². The van der Waals surface area contributed by atoms with Crippen LogP contribution in [-0.4, -0.2) is 61.1 Å². The summed E-state index contributed by atoms with van der Waals surface area (Å²) >= 11 is 1.79. The quantitative estimate of drug-likeness (QED) is 0.695. The van der Waals surface area contributed by atoms with Crippen molar-refractivity contribution in [1.29, 1.82) is 0 Å². The second-order valence-corrected chi connectivity index (χ2v) is 4.91. The van der Waals surface area contributed by atoms with E-state index >= 15 is 0 Å². The van der Waals surface area contributed by atoms with E-state index in [0.29, 0.717) is 6.42 Å². The highest BCUT2D eigenvalue weighted by Gasteiger charge is 2.14. The molecule has 1 aliphatic heterocycles. The summed E-state index contributed by atoms with van der Waals surface area (Å²) in [7, 11) is 2.11. The third-order valence-electron chi connectivity index (χ3n) is 2.54. The SMILES string of the molecule is CSCCCC(=O)NN1CCN(C)CC1. The Labute approximate surface area is 96.3 Å². The van der Waals surface area contributed by atoms with Crippen LogP contribution in [0.5, 0.6) is 0 Å².